The van der Waals surface area contributed by atoms with E-state index in [0.717, 1.165) is 60.6 Å². The number of rotatable bonds is 5. The molecule has 2 aromatic heterocycles. The lowest BCUT2D eigenvalue weighted by Crippen LogP contribution is -2.32. The quantitative estimate of drug-likeness (QED) is 0.381. The molecule has 0 spiro atoms. The Morgan fingerprint density at radius 2 is 2.14 bits per heavy atom. The van der Waals surface area contributed by atoms with Crippen molar-refractivity contribution in [2.75, 3.05) is 11.3 Å². The van der Waals surface area contributed by atoms with Gasteiger partial charge >= 0.3 is 5.76 Å². The second-order valence-electron chi connectivity index (χ2n) is 8.38. The van der Waals surface area contributed by atoms with Gasteiger partial charge in [-0.3, -0.25) is 9.29 Å². The Bertz CT molecular complexity index is 1630. The number of nitrogens with one attached hydrogen (secondary N) is 2. The number of oxazole rings is 1. The number of fused-ring (bicyclic) bond motifs is 1. The fourth-order valence-corrected chi connectivity index (χ4v) is 5.99. The highest BCUT2D eigenvalue weighted by Gasteiger charge is 2.26. The lowest BCUT2D eigenvalue weighted by molar-refractivity contribution is 0.464. The molecule has 4 aromatic rings. The molecule has 0 bridgehead atoms. The highest BCUT2D eigenvalue weighted by atomic mass is 32.2. The van der Waals surface area contributed by atoms with E-state index in [9.17, 15) is 13.2 Å². The summed E-state index contributed by atoms with van der Waals surface area (Å²) < 4.78 is 53.0. The highest BCUT2D eigenvalue weighted by molar-refractivity contribution is 7.93. The van der Waals surface area contributed by atoms with Crippen LogP contribution in [0, 0.1) is 17.7 Å². The van der Waals surface area contributed by atoms with E-state index in [4.69, 9.17) is 4.42 Å². The Balaban J connectivity index is 1.52. The minimum atomic E-state index is -4.32. The Hall–Kier alpha value is -3.53. The maximum absolute atomic E-state index is 15.1. The Labute approximate surface area is 210 Å². The third kappa shape index (κ3) is 4.77. The van der Waals surface area contributed by atoms with Crippen LogP contribution >= 0.6 is 11.5 Å². The van der Waals surface area contributed by atoms with Crippen LogP contribution in [-0.2, 0) is 10.0 Å². The van der Waals surface area contributed by atoms with E-state index in [1.54, 1.807) is 6.92 Å². The van der Waals surface area contributed by atoms with E-state index in [1.807, 2.05) is 24.3 Å². The van der Waals surface area contributed by atoms with Gasteiger partial charge in [0.05, 0.1) is 17.6 Å². The fraction of sp³-hybridized carbons (Fsp3) is 0.292. The molecule has 0 amide bonds. The van der Waals surface area contributed by atoms with Crippen LogP contribution < -0.4 is 15.8 Å². The molecule has 9 nitrogen and oxygen atoms in total. The molecule has 1 aliphatic heterocycles. The molecular formula is C24H22FN5O4S2. The smallest absolute Gasteiger partial charge is 0.408 e. The molecule has 0 saturated carbocycles. The number of anilines is 1. The summed E-state index contributed by atoms with van der Waals surface area (Å²) >= 11 is 0.810. The summed E-state index contributed by atoms with van der Waals surface area (Å²) in [6, 6.07) is 8.99. The van der Waals surface area contributed by atoms with Crippen molar-refractivity contribution in [1.82, 2.24) is 19.2 Å². The summed E-state index contributed by atoms with van der Waals surface area (Å²) in [7, 11) is -4.32. The summed E-state index contributed by atoms with van der Waals surface area (Å²) in [6.07, 6.45) is 4.42. The van der Waals surface area contributed by atoms with Gasteiger partial charge in [0, 0.05) is 29.2 Å². The van der Waals surface area contributed by atoms with Crippen LogP contribution in [0.2, 0.25) is 0 Å². The molecule has 1 fully saturated rings. The molecule has 2 aromatic carbocycles. The van der Waals surface area contributed by atoms with Crippen molar-refractivity contribution in [2.24, 2.45) is 0 Å². The molecule has 5 rings (SSSR count). The van der Waals surface area contributed by atoms with E-state index < -0.39 is 32.5 Å². The Kier molecular flexibility index (Phi) is 6.61. The summed E-state index contributed by atoms with van der Waals surface area (Å²) in [6.45, 7) is 2.72. The SMILES string of the molecule is C[C@H](c1ccccc1C#CC1CCCCN1)n1c(=O)oc2cc(S(=O)(=O)Nc3ncns3)c(F)cc21. The third-order valence-electron chi connectivity index (χ3n) is 6.03. The molecule has 0 aliphatic carbocycles. The lowest BCUT2D eigenvalue weighted by atomic mass is 10.00. The van der Waals surface area contributed by atoms with Crippen LogP contribution in [0.5, 0.6) is 0 Å². The normalized spacial score (nSPS) is 16.9. The minimum absolute atomic E-state index is 0.0108. The third-order valence-corrected chi connectivity index (χ3v) is 8.09. The summed E-state index contributed by atoms with van der Waals surface area (Å²) in [5, 5.41) is 3.38. The number of nitrogens with zero attached hydrogens (tertiary/aromatic N) is 3. The first kappa shape index (κ1) is 24.2. The second kappa shape index (κ2) is 9.85. The lowest BCUT2D eigenvalue weighted by Gasteiger charge is -2.18. The van der Waals surface area contributed by atoms with Gasteiger partial charge in [0.1, 0.15) is 17.0 Å². The standard InChI is InChI=1S/C24H22FN5O4S2/c1-15(18-8-3-2-6-16(18)9-10-17-7-4-5-11-26-17)30-20-12-19(25)22(13-21(20)34-24(30)31)36(32,33)29-23-27-14-28-35-23/h2-3,6,8,12-15,17,26H,4-5,7,11H2,1H3,(H,27,28,29)/t15-,17?/m1/s1. The fourth-order valence-electron chi connectivity index (χ4n) is 4.25. The van der Waals surface area contributed by atoms with Gasteiger partial charge in [-0.25, -0.2) is 22.6 Å². The van der Waals surface area contributed by atoms with Gasteiger partial charge in [0.25, 0.3) is 10.0 Å². The highest BCUT2D eigenvalue weighted by Crippen LogP contribution is 2.29. The first-order valence-corrected chi connectivity index (χ1v) is 13.6. The molecular weight excluding hydrogens is 505 g/mol. The van der Waals surface area contributed by atoms with Crippen LogP contribution in [0.4, 0.5) is 9.52 Å². The summed E-state index contributed by atoms with van der Waals surface area (Å²) in [5.41, 5.74) is 1.60. The first-order valence-electron chi connectivity index (χ1n) is 11.3. The van der Waals surface area contributed by atoms with Gasteiger partial charge in [-0.05, 0) is 44.4 Å². The maximum atomic E-state index is 15.1. The van der Waals surface area contributed by atoms with Crippen molar-refractivity contribution in [3.05, 3.63) is 70.2 Å². The van der Waals surface area contributed by atoms with Gasteiger partial charge in [0.2, 0.25) is 5.13 Å². The zero-order valence-electron chi connectivity index (χ0n) is 19.2. The molecule has 1 saturated heterocycles. The predicted molar refractivity (Wildman–Crippen MR) is 134 cm³/mol. The van der Waals surface area contributed by atoms with E-state index in [1.165, 1.54) is 10.9 Å². The molecule has 2 atom stereocenters. The monoisotopic (exact) mass is 527 g/mol. The number of piperidine rings is 1. The maximum Gasteiger partial charge on any atom is 0.420 e. The van der Waals surface area contributed by atoms with Crippen molar-refractivity contribution in [3.8, 4) is 11.8 Å². The van der Waals surface area contributed by atoms with Crippen LogP contribution in [0.15, 0.2) is 56.8 Å². The number of aromatic nitrogens is 3. The van der Waals surface area contributed by atoms with Crippen LogP contribution in [0.1, 0.15) is 43.4 Å². The van der Waals surface area contributed by atoms with E-state index in [-0.39, 0.29) is 22.3 Å². The van der Waals surface area contributed by atoms with Crippen LogP contribution in [0.25, 0.3) is 11.1 Å². The topological polar surface area (TPSA) is 119 Å². The molecule has 1 unspecified atom stereocenters. The molecule has 1 aliphatic rings. The zero-order chi connectivity index (χ0) is 25.3. The second-order valence-corrected chi connectivity index (χ2v) is 10.8. The average Bonchev–Trinajstić information content (AvgIpc) is 3.48. The predicted octanol–water partition coefficient (Wildman–Crippen LogP) is 3.49. The molecule has 0 radical (unpaired) electrons. The molecule has 186 valence electrons. The average molecular weight is 528 g/mol. The van der Waals surface area contributed by atoms with Gasteiger partial charge in [0.15, 0.2) is 5.58 Å². The van der Waals surface area contributed by atoms with E-state index in [2.05, 4.69) is 31.2 Å². The molecule has 2 N–H and O–H groups in total. The van der Waals surface area contributed by atoms with Gasteiger partial charge in [-0.1, -0.05) is 30.0 Å². The van der Waals surface area contributed by atoms with E-state index in [0.29, 0.717) is 0 Å². The largest absolute Gasteiger partial charge is 0.420 e. The van der Waals surface area contributed by atoms with Gasteiger partial charge in [-0.2, -0.15) is 4.37 Å². The summed E-state index contributed by atoms with van der Waals surface area (Å²) in [5.74, 6) is 4.73. The molecule has 36 heavy (non-hydrogen) atoms. The number of halogens is 1. The number of hydrogen-bond acceptors (Lipinski definition) is 8. The van der Waals surface area contributed by atoms with Gasteiger partial charge in [-0.15, -0.1) is 0 Å². The van der Waals surface area contributed by atoms with Crippen molar-refractivity contribution >= 4 is 37.8 Å². The Morgan fingerprint density at radius 3 is 2.89 bits per heavy atom. The first-order chi connectivity index (χ1) is 17.3. The van der Waals surface area contributed by atoms with Crippen molar-refractivity contribution < 1.29 is 17.2 Å². The van der Waals surface area contributed by atoms with Gasteiger partial charge < -0.3 is 9.73 Å². The van der Waals surface area contributed by atoms with E-state index >= 15 is 4.39 Å². The molecule has 12 heteroatoms. The summed E-state index contributed by atoms with van der Waals surface area (Å²) in [4.78, 5) is 15.9. The van der Waals surface area contributed by atoms with Crippen LogP contribution in [0.3, 0.4) is 0 Å². The minimum Gasteiger partial charge on any atom is -0.408 e. The zero-order valence-corrected chi connectivity index (χ0v) is 20.8. The number of sulfonamides is 1. The number of benzene rings is 2. The van der Waals surface area contributed by atoms with Crippen molar-refractivity contribution in [2.45, 2.75) is 43.2 Å². The van der Waals surface area contributed by atoms with Crippen LogP contribution in [-0.4, -0.2) is 34.9 Å². The van der Waals surface area contributed by atoms with Crippen molar-refractivity contribution in [3.63, 3.8) is 0 Å². The molecule has 3 heterocycles. The Morgan fingerprint density at radius 1 is 1.31 bits per heavy atom. The number of hydrogen-bond donors (Lipinski definition) is 2. The van der Waals surface area contributed by atoms with Crippen molar-refractivity contribution in [1.29, 1.82) is 0 Å².